The van der Waals surface area contributed by atoms with Crippen molar-refractivity contribution in [3.8, 4) is 17.5 Å². The molecule has 7 heteroatoms. The second kappa shape index (κ2) is 5.07. The average molecular weight is 303 g/mol. The molecule has 0 fully saturated rings. The van der Waals surface area contributed by atoms with E-state index in [4.69, 9.17) is 44.5 Å². The monoisotopic (exact) mass is 301 g/mol. The first-order chi connectivity index (χ1) is 8.56. The predicted octanol–water partition coefficient (Wildman–Crippen LogP) is 4.22. The van der Waals surface area contributed by atoms with Crippen LogP contribution in [0.5, 0.6) is 0 Å². The number of hydrogen-bond donors (Lipinski definition) is 1. The van der Waals surface area contributed by atoms with E-state index >= 15 is 0 Å². The van der Waals surface area contributed by atoms with Gasteiger partial charge in [0.05, 0.1) is 15.6 Å². The van der Waals surface area contributed by atoms with E-state index in [1.807, 2.05) is 6.07 Å². The molecular weight excluding hydrogens is 296 g/mol. The molecule has 1 aromatic carbocycles. The second-order valence-corrected chi connectivity index (χ2v) is 4.53. The van der Waals surface area contributed by atoms with Gasteiger partial charge in [0.15, 0.2) is 0 Å². The molecule has 0 atom stereocenters. The minimum absolute atomic E-state index is 0.139. The SMILES string of the molecule is CNc1oc(-c2cc(Cl)cc(Cl)c2Cl)nc1C#N. The van der Waals surface area contributed by atoms with Crippen LogP contribution < -0.4 is 5.32 Å². The molecule has 0 aliphatic rings. The van der Waals surface area contributed by atoms with Crippen molar-refractivity contribution in [1.29, 1.82) is 5.26 Å². The van der Waals surface area contributed by atoms with E-state index in [-0.39, 0.29) is 22.5 Å². The molecule has 0 saturated heterocycles. The first kappa shape index (κ1) is 13.0. The van der Waals surface area contributed by atoms with Crippen LogP contribution in [0, 0.1) is 11.3 Å². The Morgan fingerprint density at radius 2 is 2.06 bits per heavy atom. The summed E-state index contributed by atoms with van der Waals surface area (Å²) in [6.45, 7) is 0. The first-order valence-corrected chi connectivity index (χ1v) is 5.93. The summed E-state index contributed by atoms with van der Waals surface area (Å²) in [6.07, 6.45) is 0. The molecule has 1 heterocycles. The molecule has 1 aromatic heterocycles. The molecule has 0 amide bonds. The molecule has 0 radical (unpaired) electrons. The number of rotatable bonds is 2. The molecule has 0 bridgehead atoms. The molecule has 2 rings (SSSR count). The number of nitrogens with one attached hydrogen (secondary N) is 1. The largest absolute Gasteiger partial charge is 0.419 e. The van der Waals surface area contributed by atoms with E-state index in [9.17, 15) is 0 Å². The van der Waals surface area contributed by atoms with Gasteiger partial charge in [-0.2, -0.15) is 10.2 Å². The van der Waals surface area contributed by atoms with Gasteiger partial charge in [-0.05, 0) is 12.1 Å². The Morgan fingerprint density at radius 1 is 1.33 bits per heavy atom. The summed E-state index contributed by atoms with van der Waals surface area (Å²) in [4.78, 5) is 4.02. The van der Waals surface area contributed by atoms with Gasteiger partial charge in [-0.15, -0.1) is 0 Å². The standard InChI is InChI=1S/C11H6Cl3N3O/c1-16-11-8(4-15)17-10(18-11)6-2-5(12)3-7(13)9(6)14/h2-3,16H,1H3. The Hall–Kier alpha value is -1.41. The van der Waals surface area contributed by atoms with Crippen LogP contribution in [0.1, 0.15) is 5.69 Å². The fourth-order valence-electron chi connectivity index (χ4n) is 1.39. The van der Waals surface area contributed by atoms with Crippen molar-refractivity contribution in [1.82, 2.24) is 4.98 Å². The Balaban J connectivity index is 2.63. The molecule has 0 aliphatic heterocycles. The highest BCUT2D eigenvalue weighted by atomic mass is 35.5. The topological polar surface area (TPSA) is 61.9 Å². The van der Waals surface area contributed by atoms with Gasteiger partial charge in [0.2, 0.25) is 17.5 Å². The minimum Gasteiger partial charge on any atom is -0.419 e. The molecule has 0 saturated carbocycles. The molecule has 4 nitrogen and oxygen atoms in total. The van der Waals surface area contributed by atoms with Crippen molar-refractivity contribution in [2.45, 2.75) is 0 Å². The summed E-state index contributed by atoms with van der Waals surface area (Å²) in [5.74, 6) is 0.449. The number of hydrogen-bond acceptors (Lipinski definition) is 4. The van der Waals surface area contributed by atoms with Crippen molar-refractivity contribution in [2.24, 2.45) is 0 Å². The molecule has 0 spiro atoms. The Kier molecular flexibility index (Phi) is 3.67. The van der Waals surface area contributed by atoms with Gasteiger partial charge in [-0.25, -0.2) is 0 Å². The molecule has 0 unspecified atom stereocenters. The van der Waals surface area contributed by atoms with E-state index in [0.29, 0.717) is 15.6 Å². The quantitative estimate of drug-likeness (QED) is 0.844. The fraction of sp³-hybridized carbons (Fsp3) is 0.0909. The number of oxazole rings is 1. The molecule has 2 aromatic rings. The number of halogens is 3. The van der Waals surface area contributed by atoms with Gasteiger partial charge in [0, 0.05) is 12.1 Å². The van der Waals surface area contributed by atoms with Crippen LogP contribution in [-0.2, 0) is 0 Å². The maximum Gasteiger partial charge on any atom is 0.232 e. The van der Waals surface area contributed by atoms with Crippen molar-refractivity contribution in [3.63, 3.8) is 0 Å². The maximum absolute atomic E-state index is 8.89. The smallest absolute Gasteiger partial charge is 0.232 e. The molecule has 92 valence electrons. The van der Waals surface area contributed by atoms with Gasteiger partial charge in [0.25, 0.3) is 0 Å². The van der Waals surface area contributed by atoms with Gasteiger partial charge in [0.1, 0.15) is 6.07 Å². The average Bonchev–Trinajstić information content (AvgIpc) is 2.76. The maximum atomic E-state index is 8.89. The van der Waals surface area contributed by atoms with Gasteiger partial charge in [-0.3, -0.25) is 0 Å². The summed E-state index contributed by atoms with van der Waals surface area (Å²) in [6, 6.07) is 5.00. The normalized spacial score (nSPS) is 10.2. The summed E-state index contributed by atoms with van der Waals surface area (Å²) in [5.41, 5.74) is 0.576. The van der Waals surface area contributed by atoms with Crippen LogP contribution in [0.3, 0.4) is 0 Å². The van der Waals surface area contributed by atoms with Gasteiger partial charge in [-0.1, -0.05) is 34.8 Å². The highest BCUT2D eigenvalue weighted by molar-refractivity contribution is 6.44. The van der Waals surface area contributed by atoms with Crippen molar-refractivity contribution >= 4 is 40.7 Å². The highest BCUT2D eigenvalue weighted by Crippen LogP contribution is 2.37. The van der Waals surface area contributed by atoms with Crippen LogP contribution in [0.15, 0.2) is 16.5 Å². The lowest BCUT2D eigenvalue weighted by Crippen LogP contribution is -1.87. The zero-order valence-electron chi connectivity index (χ0n) is 9.09. The third-order valence-corrected chi connectivity index (χ3v) is 3.20. The van der Waals surface area contributed by atoms with Gasteiger partial charge < -0.3 is 9.73 Å². The number of nitrogens with zero attached hydrogens (tertiary/aromatic N) is 2. The number of benzene rings is 1. The van der Waals surface area contributed by atoms with Crippen molar-refractivity contribution < 1.29 is 4.42 Å². The van der Waals surface area contributed by atoms with Crippen molar-refractivity contribution in [3.05, 3.63) is 32.9 Å². The summed E-state index contributed by atoms with van der Waals surface area (Å²) in [5, 5.41) is 12.6. The van der Waals surface area contributed by atoms with Crippen LogP contribution in [0.2, 0.25) is 15.1 Å². The van der Waals surface area contributed by atoms with Crippen LogP contribution in [0.4, 0.5) is 5.88 Å². The zero-order chi connectivity index (χ0) is 13.3. The third-order valence-electron chi connectivity index (χ3n) is 2.18. The first-order valence-electron chi connectivity index (χ1n) is 4.80. The van der Waals surface area contributed by atoms with E-state index in [2.05, 4.69) is 10.3 Å². The number of anilines is 1. The minimum atomic E-state index is 0.139. The number of nitriles is 1. The second-order valence-electron chi connectivity index (χ2n) is 3.31. The van der Waals surface area contributed by atoms with E-state index in [0.717, 1.165) is 0 Å². The predicted molar refractivity (Wildman–Crippen MR) is 71.2 cm³/mol. The summed E-state index contributed by atoms with van der Waals surface area (Å²) >= 11 is 17.9. The lowest BCUT2D eigenvalue weighted by Gasteiger charge is -2.02. The Bertz CT molecular complexity index is 646. The Labute approximate surface area is 118 Å². The highest BCUT2D eigenvalue weighted by Gasteiger charge is 2.17. The van der Waals surface area contributed by atoms with E-state index in [1.165, 1.54) is 6.07 Å². The van der Waals surface area contributed by atoms with Gasteiger partial charge >= 0.3 is 0 Å². The number of aromatic nitrogens is 1. The third kappa shape index (κ3) is 2.25. The molecule has 18 heavy (non-hydrogen) atoms. The van der Waals surface area contributed by atoms with Crippen molar-refractivity contribution in [2.75, 3.05) is 12.4 Å². The lowest BCUT2D eigenvalue weighted by molar-refractivity contribution is 0.589. The van der Waals surface area contributed by atoms with E-state index < -0.39 is 0 Å². The van der Waals surface area contributed by atoms with Crippen LogP contribution >= 0.6 is 34.8 Å². The van der Waals surface area contributed by atoms with Crippen LogP contribution in [0.25, 0.3) is 11.5 Å². The molecule has 1 N–H and O–H groups in total. The summed E-state index contributed by atoms with van der Waals surface area (Å²) in [7, 11) is 1.62. The zero-order valence-corrected chi connectivity index (χ0v) is 11.4. The van der Waals surface area contributed by atoms with Crippen LogP contribution in [-0.4, -0.2) is 12.0 Å². The Morgan fingerprint density at radius 3 is 2.61 bits per heavy atom. The van der Waals surface area contributed by atoms with E-state index in [1.54, 1.807) is 13.1 Å². The lowest BCUT2D eigenvalue weighted by atomic mass is 10.2. The fourth-order valence-corrected chi connectivity index (χ4v) is 2.08. The molecule has 0 aliphatic carbocycles. The summed E-state index contributed by atoms with van der Waals surface area (Å²) < 4.78 is 5.39. The molecular formula is C11H6Cl3N3O.